The van der Waals surface area contributed by atoms with Crippen LogP contribution in [0.1, 0.15) is 42.6 Å². The number of hydrogen-bond acceptors (Lipinski definition) is 3. The molecule has 0 spiro atoms. The summed E-state index contributed by atoms with van der Waals surface area (Å²) in [6.07, 6.45) is 1.26. The SMILES string of the molecule is CC(=O)c1ccc(OC2CCN(c3ccc(C(C)(F)F)cc3)CC2)c(F)c1. The lowest BCUT2D eigenvalue weighted by Gasteiger charge is -2.34. The summed E-state index contributed by atoms with van der Waals surface area (Å²) in [5.74, 6) is -3.43. The molecule has 2 aromatic rings. The Hall–Kier alpha value is -2.50. The standard InChI is InChI=1S/C21H22F3NO2/c1-14(26)15-3-8-20(19(22)13-15)27-18-9-11-25(12-10-18)17-6-4-16(5-7-17)21(2,23)24/h3-8,13,18H,9-12H2,1-2H3. The quantitative estimate of drug-likeness (QED) is 0.672. The van der Waals surface area contributed by atoms with Crippen LogP contribution in [-0.4, -0.2) is 25.0 Å². The summed E-state index contributed by atoms with van der Waals surface area (Å²) in [6, 6.07) is 10.5. The predicted molar refractivity (Wildman–Crippen MR) is 98.3 cm³/mol. The molecule has 0 aromatic heterocycles. The predicted octanol–water partition coefficient (Wildman–Crippen LogP) is 5.19. The van der Waals surface area contributed by atoms with E-state index in [0.717, 1.165) is 12.6 Å². The van der Waals surface area contributed by atoms with Gasteiger partial charge in [-0.1, -0.05) is 12.1 Å². The first-order valence-corrected chi connectivity index (χ1v) is 8.94. The molecule has 1 fully saturated rings. The highest BCUT2D eigenvalue weighted by molar-refractivity contribution is 5.94. The average Bonchev–Trinajstić information content (AvgIpc) is 2.63. The van der Waals surface area contributed by atoms with E-state index in [-0.39, 0.29) is 23.2 Å². The topological polar surface area (TPSA) is 29.5 Å². The van der Waals surface area contributed by atoms with E-state index in [0.29, 0.717) is 31.5 Å². The number of rotatable bonds is 5. The zero-order valence-electron chi connectivity index (χ0n) is 15.3. The zero-order valence-corrected chi connectivity index (χ0v) is 15.3. The normalized spacial score (nSPS) is 15.7. The Balaban J connectivity index is 1.58. The van der Waals surface area contributed by atoms with Crippen molar-refractivity contribution in [2.45, 2.75) is 38.7 Å². The van der Waals surface area contributed by atoms with Gasteiger partial charge in [-0.15, -0.1) is 0 Å². The Kier molecular flexibility index (Phi) is 5.44. The van der Waals surface area contributed by atoms with E-state index in [1.54, 1.807) is 18.2 Å². The number of hydrogen-bond donors (Lipinski definition) is 0. The number of alkyl halides is 2. The maximum absolute atomic E-state index is 14.1. The van der Waals surface area contributed by atoms with Gasteiger partial charge in [-0.05, 0) is 37.3 Å². The van der Waals surface area contributed by atoms with E-state index < -0.39 is 11.7 Å². The number of nitrogens with zero attached hydrogens (tertiary/aromatic N) is 1. The smallest absolute Gasteiger partial charge is 0.270 e. The van der Waals surface area contributed by atoms with Gasteiger partial charge >= 0.3 is 0 Å². The van der Waals surface area contributed by atoms with E-state index in [9.17, 15) is 18.0 Å². The first kappa shape index (κ1) is 19.3. The van der Waals surface area contributed by atoms with Crippen LogP contribution in [0.3, 0.4) is 0 Å². The van der Waals surface area contributed by atoms with Gasteiger partial charge in [-0.2, -0.15) is 0 Å². The van der Waals surface area contributed by atoms with E-state index in [1.807, 2.05) is 0 Å². The van der Waals surface area contributed by atoms with E-state index >= 15 is 0 Å². The number of anilines is 1. The number of ether oxygens (including phenoxy) is 1. The summed E-state index contributed by atoms with van der Waals surface area (Å²) < 4.78 is 46.5. The highest BCUT2D eigenvalue weighted by atomic mass is 19.3. The summed E-state index contributed by atoms with van der Waals surface area (Å²) in [6.45, 7) is 3.66. The molecule has 0 bridgehead atoms. The lowest BCUT2D eigenvalue weighted by molar-refractivity contribution is 0.0175. The second kappa shape index (κ2) is 7.62. The number of Topliss-reactive ketones (excluding diaryl/α,β-unsaturated/α-hetero) is 1. The minimum absolute atomic E-state index is 0.00560. The molecule has 0 N–H and O–H groups in total. The van der Waals surface area contributed by atoms with Crippen LogP contribution < -0.4 is 9.64 Å². The van der Waals surface area contributed by atoms with Crippen molar-refractivity contribution >= 4 is 11.5 Å². The molecule has 1 aliphatic heterocycles. The van der Waals surface area contributed by atoms with Gasteiger partial charge in [0, 0.05) is 49.7 Å². The maximum Gasteiger partial charge on any atom is 0.270 e. The second-order valence-electron chi connectivity index (χ2n) is 6.94. The lowest BCUT2D eigenvalue weighted by Crippen LogP contribution is -2.38. The molecule has 144 valence electrons. The highest BCUT2D eigenvalue weighted by Gasteiger charge is 2.25. The monoisotopic (exact) mass is 377 g/mol. The van der Waals surface area contributed by atoms with Crippen molar-refractivity contribution in [3.8, 4) is 5.75 Å². The van der Waals surface area contributed by atoms with Crippen molar-refractivity contribution < 1.29 is 22.7 Å². The number of carbonyl (C=O) groups excluding carboxylic acids is 1. The molecule has 3 rings (SSSR count). The first-order valence-electron chi connectivity index (χ1n) is 8.94. The Morgan fingerprint density at radius 3 is 2.26 bits per heavy atom. The van der Waals surface area contributed by atoms with Crippen molar-refractivity contribution in [3.63, 3.8) is 0 Å². The van der Waals surface area contributed by atoms with Gasteiger partial charge in [-0.25, -0.2) is 13.2 Å². The third kappa shape index (κ3) is 4.62. The van der Waals surface area contributed by atoms with Gasteiger partial charge in [0.1, 0.15) is 6.10 Å². The van der Waals surface area contributed by atoms with E-state index in [2.05, 4.69) is 4.90 Å². The van der Waals surface area contributed by atoms with Crippen LogP contribution >= 0.6 is 0 Å². The zero-order chi connectivity index (χ0) is 19.6. The molecule has 0 saturated carbocycles. The maximum atomic E-state index is 14.1. The molecule has 0 amide bonds. The van der Waals surface area contributed by atoms with E-state index in [1.165, 1.54) is 31.2 Å². The molecule has 0 atom stereocenters. The number of benzene rings is 2. The minimum Gasteiger partial charge on any atom is -0.487 e. The average molecular weight is 377 g/mol. The molecular formula is C21H22F3NO2. The van der Waals surface area contributed by atoms with Crippen LogP contribution in [0.4, 0.5) is 18.9 Å². The third-order valence-corrected chi connectivity index (χ3v) is 4.81. The fourth-order valence-corrected chi connectivity index (χ4v) is 3.19. The Labute approximate surface area is 156 Å². The Morgan fingerprint density at radius 2 is 1.74 bits per heavy atom. The van der Waals surface area contributed by atoms with Crippen LogP contribution in [-0.2, 0) is 5.92 Å². The Bertz CT molecular complexity index is 807. The summed E-state index contributed by atoms with van der Waals surface area (Å²) in [5, 5.41) is 0. The molecular weight excluding hydrogens is 355 g/mol. The number of halogens is 3. The molecule has 1 saturated heterocycles. The molecule has 0 radical (unpaired) electrons. The first-order chi connectivity index (χ1) is 12.7. The van der Waals surface area contributed by atoms with Crippen LogP contribution in [0.15, 0.2) is 42.5 Å². The molecule has 6 heteroatoms. The largest absolute Gasteiger partial charge is 0.487 e. The van der Waals surface area contributed by atoms with Gasteiger partial charge in [0.2, 0.25) is 0 Å². The van der Waals surface area contributed by atoms with Gasteiger partial charge < -0.3 is 9.64 Å². The molecule has 0 unspecified atom stereocenters. The fourth-order valence-electron chi connectivity index (χ4n) is 3.19. The van der Waals surface area contributed by atoms with Crippen LogP contribution in [0.25, 0.3) is 0 Å². The van der Waals surface area contributed by atoms with Crippen molar-refractivity contribution in [2.24, 2.45) is 0 Å². The minimum atomic E-state index is -2.85. The summed E-state index contributed by atoms with van der Waals surface area (Å²) >= 11 is 0. The molecule has 27 heavy (non-hydrogen) atoms. The van der Waals surface area contributed by atoms with Crippen molar-refractivity contribution in [1.82, 2.24) is 0 Å². The van der Waals surface area contributed by atoms with Crippen molar-refractivity contribution in [2.75, 3.05) is 18.0 Å². The van der Waals surface area contributed by atoms with Gasteiger partial charge in [0.25, 0.3) is 5.92 Å². The second-order valence-corrected chi connectivity index (χ2v) is 6.94. The Morgan fingerprint density at radius 1 is 1.11 bits per heavy atom. The number of carbonyl (C=O) groups is 1. The van der Waals surface area contributed by atoms with Gasteiger partial charge in [0.15, 0.2) is 17.3 Å². The fraction of sp³-hybridized carbons (Fsp3) is 0.381. The van der Waals surface area contributed by atoms with Crippen molar-refractivity contribution in [3.05, 3.63) is 59.4 Å². The summed E-state index contributed by atoms with van der Waals surface area (Å²) in [4.78, 5) is 13.4. The molecule has 2 aromatic carbocycles. The molecule has 0 aliphatic carbocycles. The summed E-state index contributed by atoms with van der Waals surface area (Å²) in [5.41, 5.74) is 1.20. The highest BCUT2D eigenvalue weighted by Crippen LogP contribution is 2.30. The number of piperidine rings is 1. The lowest BCUT2D eigenvalue weighted by atomic mass is 10.0. The van der Waals surface area contributed by atoms with Gasteiger partial charge in [0.05, 0.1) is 0 Å². The van der Waals surface area contributed by atoms with Crippen LogP contribution in [0.5, 0.6) is 5.75 Å². The van der Waals surface area contributed by atoms with Gasteiger partial charge in [-0.3, -0.25) is 4.79 Å². The van der Waals surface area contributed by atoms with Crippen LogP contribution in [0, 0.1) is 5.82 Å². The van der Waals surface area contributed by atoms with Crippen molar-refractivity contribution in [1.29, 1.82) is 0 Å². The van der Waals surface area contributed by atoms with Crippen LogP contribution in [0.2, 0.25) is 0 Å². The summed E-state index contributed by atoms with van der Waals surface area (Å²) in [7, 11) is 0. The molecule has 3 nitrogen and oxygen atoms in total. The third-order valence-electron chi connectivity index (χ3n) is 4.81. The molecule has 1 heterocycles. The number of ketones is 1. The van der Waals surface area contributed by atoms with E-state index in [4.69, 9.17) is 4.74 Å². The molecule has 1 aliphatic rings.